The van der Waals surface area contributed by atoms with E-state index in [9.17, 15) is 4.79 Å². The summed E-state index contributed by atoms with van der Waals surface area (Å²) in [6, 6.07) is 1.67. The first-order valence-electron chi connectivity index (χ1n) is 5.29. The molecule has 0 bridgehead atoms. The maximum absolute atomic E-state index is 10.7. The van der Waals surface area contributed by atoms with Crippen LogP contribution in [0.5, 0.6) is 0 Å². The molecule has 0 aliphatic rings. The number of nitrogens with zero attached hydrogens (tertiary/aromatic N) is 3. The molecule has 6 heteroatoms. The minimum Gasteiger partial charge on any atom is -0.288 e. The van der Waals surface area contributed by atoms with Crippen LogP contribution >= 0.6 is 23.4 Å². The number of rotatable bonds is 2. The first kappa shape index (κ1) is 12.9. The second-order valence-electron chi connectivity index (χ2n) is 3.47. The van der Waals surface area contributed by atoms with Gasteiger partial charge < -0.3 is 0 Å². The van der Waals surface area contributed by atoms with Gasteiger partial charge in [-0.25, -0.2) is 9.50 Å². The van der Waals surface area contributed by atoms with Crippen molar-refractivity contribution in [3.63, 3.8) is 0 Å². The Bertz CT molecular complexity index is 642. The number of aromatic nitrogens is 3. The first-order chi connectivity index (χ1) is 8.66. The molecule has 2 heterocycles. The van der Waals surface area contributed by atoms with E-state index in [1.807, 2.05) is 0 Å². The Morgan fingerprint density at radius 1 is 1.61 bits per heavy atom. The molecule has 0 spiro atoms. The van der Waals surface area contributed by atoms with E-state index in [1.165, 1.54) is 11.8 Å². The third-order valence-corrected chi connectivity index (χ3v) is 3.12. The Morgan fingerprint density at radius 3 is 3.22 bits per heavy atom. The second-order valence-corrected chi connectivity index (χ2v) is 5.13. The average molecular weight is 280 g/mol. The van der Waals surface area contributed by atoms with E-state index in [4.69, 9.17) is 11.6 Å². The van der Waals surface area contributed by atoms with Crippen LogP contribution in [-0.2, 0) is 4.79 Å². The van der Waals surface area contributed by atoms with Crippen molar-refractivity contribution in [2.45, 2.75) is 13.3 Å². The molecule has 0 amide bonds. The van der Waals surface area contributed by atoms with E-state index in [2.05, 4.69) is 21.9 Å². The zero-order chi connectivity index (χ0) is 13.0. The Kier molecular flexibility index (Phi) is 4.24. The van der Waals surface area contributed by atoms with Crippen LogP contribution < -0.4 is 0 Å². The Labute approximate surface area is 114 Å². The lowest BCUT2D eigenvalue weighted by atomic mass is 10.3. The molecule has 0 aromatic carbocycles. The second kappa shape index (κ2) is 5.89. The van der Waals surface area contributed by atoms with Crippen molar-refractivity contribution in [3.8, 4) is 11.8 Å². The van der Waals surface area contributed by atoms with Gasteiger partial charge in [-0.3, -0.25) is 4.79 Å². The fourth-order valence-corrected chi connectivity index (χ4v) is 1.97. The molecule has 0 radical (unpaired) electrons. The zero-order valence-corrected chi connectivity index (χ0v) is 11.3. The smallest absolute Gasteiger partial charge is 0.185 e. The summed E-state index contributed by atoms with van der Waals surface area (Å²) in [5.74, 6) is 6.69. The molecular formula is C12H10ClN3OS. The molecule has 0 N–H and O–H groups in total. The SMILES string of the molecule is CC(=O)SCCC#Cc1cnn2ccc(Cl)nc12. The van der Waals surface area contributed by atoms with Gasteiger partial charge >= 0.3 is 0 Å². The van der Waals surface area contributed by atoms with Gasteiger partial charge in [0.25, 0.3) is 0 Å². The fourth-order valence-electron chi connectivity index (χ4n) is 1.34. The summed E-state index contributed by atoms with van der Waals surface area (Å²) in [5.41, 5.74) is 1.39. The molecule has 0 saturated carbocycles. The van der Waals surface area contributed by atoms with Crippen LogP contribution in [0, 0.1) is 11.8 Å². The molecule has 2 rings (SSSR count). The molecule has 2 aromatic rings. The number of fused-ring (bicyclic) bond motifs is 1. The molecule has 2 aromatic heterocycles. The van der Waals surface area contributed by atoms with Crippen LogP contribution in [0.2, 0.25) is 5.15 Å². The molecule has 0 aliphatic heterocycles. The monoisotopic (exact) mass is 279 g/mol. The lowest BCUT2D eigenvalue weighted by Gasteiger charge is -1.92. The highest BCUT2D eigenvalue weighted by Crippen LogP contribution is 2.10. The Morgan fingerprint density at radius 2 is 2.44 bits per heavy atom. The van der Waals surface area contributed by atoms with Crippen LogP contribution in [-0.4, -0.2) is 25.5 Å². The lowest BCUT2D eigenvalue weighted by molar-refractivity contribution is -0.109. The quantitative estimate of drug-likeness (QED) is 0.481. The molecule has 0 atom stereocenters. The Hall–Kier alpha value is -1.51. The number of hydrogen-bond donors (Lipinski definition) is 0. The van der Waals surface area contributed by atoms with Gasteiger partial charge in [0.2, 0.25) is 0 Å². The predicted octanol–water partition coefficient (Wildman–Crippen LogP) is 2.40. The van der Waals surface area contributed by atoms with Gasteiger partial charge in [0.05, 0.1) is 11.8 Å². The summed E-state index contributed by atoms with van der Waals surface area (Å²) in [6.45, 7) is 1.55. The van der Waals surface area contributed by atoms with Gasteiger partial charge in [0.15, 0.2) is 10.8 Å². The Balaban J connectivity index is 2.10. The van der Waals surface area contributed by atoms with Gasteiger partial charge in [-0.15, -0.1) is 0 Å². The summed E-state index contributed by atoms with van der Waals surface area (Å²) in [7, 11) is 0. The molecule has 0 saturated heterocycles. The summed E-state index contributed by atoms with van der Waals surface area (Å²) >= 11 is 7.10. The maximum atomic E-state index is 10.7. The van der Waals surface area contributed by atoms with Gasteiger partial charge in [0.1, 0.15) is 5.15 Å². The highest BCUT2D eigenvalue weighted by molar-refractivity contribution is 8.13. The third-order valence-electron chi connectivity index (χ3n) is 2.09. The van der Waals surface area contributed by atoms with Crippen molar-refractivity contribution in [2.24, 2.45) is 0 Å². The summed E-state index contributed by atoms with van der Waals surface area (Å²) in [6.07, 6.45) is 4.05. The van der Waals surface area contributed by atoms with Crippen molar-refractivity contribution in [1.82, 2.24) is 14.6 Å². The molecular weight excluding hydrogens is 270 g/mol. The van der Waals surface area contributed by atoms with Gasteiger partial charge in [-0.2, -0.15) is 5.10 Å². The van der Waals surface area contributed by atoms with Crippen molar-refractivity contribution in [1.29, 1.82) is 0 Å². The highest BCUT2D eigenvalue weighted by atomic mass is 35.5. The molecule has 0 aliphatic carbocycles. The van der Waals surface area contributed by atoms with Crippen LogP contribution in [0.4, 0.5) is 0 Å². The van der Waals surface area contributed by atoms with E-state index in [1.54, 1.807) is 29.9 Å². The van der Waals surface area contributed by atoms with E-state index in [0.29, 0.717) is 23.0 Å². The molecule has 18 heavy (non-hydrogen) atoms. The van der Waals surface area contributed by atoms with Crippen LogP contribution in [0.25, 0.3) is 5.65 Å². The largest absolute Gasteiger partial charge is 0.288 e. The summed E-state index contributed by atoms with van der Waals surface area (Å²) < 4.78 is 1.63. The number of carbonyl (C=O) groups is 1. The molecule has 4 nitrogen and oxygen atoms in total. The van der Waals surface area contributed by atoms with Gasteiger partial charge in [0, 0.05) is 25.3 Å². The lowest BCUT2D eigenvalue weighted by Crippen LogP contribution is -1.89. The van der Waals surface area contributed by atoms with Crippen molar-refractivity contribution < 1.29 is 4.79 Å². The molecule has 0 unspecified atom stereocenters. The van der Waals surface area contributed by atoms with Crippen LogP contribution in [0.3, 0.4) is 0 Å². The van der Waals surface area contributed by atoms with E-state index in [-0.39, 0.29) is 5.12 Å². The minimum absolute atomic E-state index is 0.112. The van der Waals surface area contributed by atoms with Gasteiger partial charge in [-0.1, -0.05) is 35.2 Å². The molecule has 92 valence electrons. The standard InChI is InChI=1S/C12H10ClN3OS/c1-9(17)18-7-3-2-4-10-8-14-16-6-5-11(13)15-12(10)16/h5-6,8H,3,7H2,1H3. The number of hydrogen-bond acceptors (Lipinski definition) is 4. The van der Waals surface area contributed by atoms with E-state index < -0.39 is 0 Å². The average Bonchev–Trinajstić information content (AvgIpc) is 2.71. The van der Waals surface area contributed by atoms with Crippen molar-refractivity contribution in [3.05, 3.63) is 29.2 Å². The van der Waals surface area contributed by atoms with Crippen LogP contribution in [0.1, 0.15) is 18.9 Å². The fraction of sp³-hybridized carbons (Fsp3) is 0.250. The van der Waals surface area contributed by atoms with E-state index in [0.717, 1.165) is 5.56 Å². The normalized spacial score (nSPS) is 10.1. The zero-order valence-electron chi connectivity index (χ0n) is 9.68. The summed E-state index contributed by atoms with van der Waals surface area (Å²) in [4.78, 5) is 14.9. The molecule has 0 fully saturated rings. The van der Waals surface area contributed by atoms with E-state index >= 15 is 0 Å². The predicted molar refractivity (Wildman–Crippen MR) is 72.6 cm³/mol. The minimum atomic E-state index is 0.112. The van der Waals surface area contributed by atoms with Gasteiger partial charge in [-0.05, 0) is 6.07 Å². The highest BCUT2D eigenvalue weighted by Gasteiger charge is 2.02. The third kappa shape index (κ3) is 3.25. The first-order valence-corrected chi connectivity index (χ1v) is 6.65. The van der Waals surface area contributed by atoms with Crippen molar-refractivity contribution in [2.75, 3.05) is 5.75 Å². The van der Waals surface area contributed by atoms with Crippen molar-refractivity contribution >= 4 is 34.1 Å². The summed E-state index contributed by atoms with van der Waals surface area (Å²) in [5, 5.41) is 4.65. The maximum Gasteiger partial charge on any atom is 0.185 e. The number of thioether (sulfide) groups is 1. The number of halogens is 1. The topological polar surface area (TPSA) is 47.3 Å². The number of carbonyl (C=O) groups excluding carboxylic acids is 1. The van der Waals surface area contributed by atoms with Crippen LogP contribution in [0.15, 0.2) is 18.5 Å².